The summed E-state index contributed by atoms with van der Waals surface area (Å²) in [5, 5.41) is 9.30. The number of aromatic nitrogens is 4. The van der Waals surface area contributed by atoms with Crippen LogP contribution in [0, 0.1) is 13.8 Å². The van der Waals surface area contributed by atoms with E-state index in [1.54, 1.807) is 0 Å². The Kier molecular flexibility index (Phi) is 5.15. The number of aryl methyl sites for hydroxylation is 2. The fourth-order valence-corrected chi connectivity index (χ4v) is 4.72. The van der Waals surface area contributed by atoms with Crippen LogP contribution in [0.4, 0.5) is 0 Å². The van der Waals surface area contributed by atoms with Crippen molar-refractivity contribution in [3.63, 3.8) is 0 Å². The maximum Gasteiger partial charge on any atom is 0.0638 e. The Hall–Kier alpha value is -1.31. The molecular formula is C18H28N6S. The van der Waals surface area contributed by atoms with Crippen LogP contribution in [0.15, 0.2) is 12.3 Å². The van der Waals surface area contributed by atoms with Crippen molar-refractivity contribution in [1.82, 2.24) is 29.4 Å². The largest absolute Gasteiger partial charge is 0.300 e. The predicted octanol–water partition coefficient (Wildman–Crippen LogP) is 1.76. The molecule has 0 N–H and O–H groups in total. The van der Waals surface area contributed by atoms with E-state index in [4.69, 9.17) is 5.10 Å². The van der Waals surface area contributed by atoms with E-state index < -0.39 is 0 Å². The van der Waals surface area contributed by atoms with E-state index in [1.807, 2.05) is 0 Å². The van der Waals surface area contributed by atoms with Crippen molar-refractivity contribution in [3.8, 4) is 0 Å². The van der Waals surface area contributed by atoms with E-state index in [9.17, 15) is 0 Å². The quantitative estimate of drug-likeness (QED) is 0.813. The fraction of sp³-hybridized carbons (Fsp3) is 0.667. The molecule has 1 fully saturated rings. The molecule has 2 aliphatic rings. The van der Waals surface area contributed by atoms with Crippen molar-refractivity contribution >= 4 is 11.8 Å². The number of hydrogen-bond acceptors (Lipinski definition) is 5. The van der Waals surface area contributed by atoms with Gasteiger partial charge in [-0.25, -0.2) is 0 Å². The average Bonchev–Trinajstić information content (AvgIpc) is 3.15. The summed E-state index contributed by atoms with van der Waals surface area (Å²) in [6.07, 6.45) is 2.26. The van der Waals surface area contributed by atoms with Crippen LogP contribution < -0.4 is 0 Å². The summed E-state index contributed by atoms with van der Waals surface area (Å²) in [6, 6.07) is 2.21. The number of rotatable bonds is 5. The van der Waals surface area contributed by atoms with Gasteiger partial charge in [-0.3, -0.25) is 19.2 Å². The fourth-order valence-electron chi connectivity index (χ4n) is 3.74. The van der Waals surface area contributed by atoms with Gasteiger partial charge in [0, 0.05) is 62.5 Å². The molecule has 0 bridgehead atoms. The van der Waals surface area contributed by atoms with Gasteiger partial charge in [-0.15, -0.1) is 0 Å². The maximum atomic E-state index is 4.75. The minimum Gasteiger partial charge on any atom is -0.300 e. The summed E-state index contributed by atoms with van der Waals surface area (Å²) in [6.45, 7) is 12.8. The first kappa shape index (κ1) is 17.1. The second-order valence-corrected chi connectivity index (χ2v) is 8.39. The molecule has 136 valence electrons. The first-order valence-corrected chi connectivity index (χ1v) is 10.4. The van der Waals surface area contributed by atoms with Crippen LogP contribution in [0.25, 0.3) is 0 Å². The summed E-state index contributed by atoms with van der Waals surface area (Å²) in [7, 11) is 0. The van der Waals surface area contributed by atoms with E-state index >= 15 is 0 Å². The lowest BCUT2D eigenvalue weighted by Gasteiger charge is -2.27. The van der Waals surface area contributed by atoms with Gasteiger partial charge in [-0.2, -0.15) is 22.0 Å². The Balaban J connectivity index is 1.34. The summed E-state index contributed by atoms with van der Waals surface area (Å²) >= 11 is 2.07. The third-order valence-corrected chi connectivity index (χ3v) is 6.13. The van der Waals surface area contributed by atoms with Crippen LogP contribution in [-0.4, -0.2) is 67.0 Å². The number of nitrogens with zero attached hydrogens (tertiary/aromatic N) is 6. The van der Waals surface area contributed by atoms with Gasteiger partial charge in [0.2, 0.25) is 0 Å². The summed E-state index contributed by atoms with van der Waals surface area (Å²) < 4.78 is 4.30. The Morgan fingerprint density at radius 3 is 2.68 bits per heavy atom. The van der Waals surface area contributed by atoms with Crippen molar-refractivity contribution in [2.45, 2.75) is 40.0 Å². The van der Waals surface area contributed by atoms with E-state index in [1.165, 1.54) is 41.5 Å². The maximum absolute atomic E-state index is 4.75. The van der Waals surface area contributed by atoms with Gasteiger partial charge in [0.25, 0.3) is 0 Å². The Morgan fingerprint density at radius 2 is 1.84 bits per heavy atom. The van der Waals surface area contributed by atoms with Gasteiger partial charge < -0.3 is 0 Å². The highest BCUT2D eigenvalue weighted by Gasteiger charge is 2.19. The number of fused-ring (bicyclic) bond motifs is 1. The number of thioether (sulfide) groups is 1. The zero-order chi connectivity index (χ0) is 17.2. The second kappa shape index (κ2) is 7.51. The molecule has 0 saturated carbocycles. The topological polar surface area (TPSA) is 42.1 Å². The molecule has 0 spiro atoms. The molecule has 0 aromatic carbocycles. The molecule has 2 aliphatic heterocycles. The molecule has 2 aromatic rings. The lowest BCUT2D eigenvalue weighted by atomic mass is 10.2. The smallest absolute Gasteiger partial charge is 0.0638 e. The highest BCUT2D eigenvalue weighted by atomic mass is 32.2. The molecule has 0 atom stereocenters. The summed E-state index contributed by atoms with van der Waals surface area (Å²) in [4.78, 5) is 5.06. The zero-order valence-corrected chi connectivity index (χ0v) is 16.1. The molecule has 1 saturated heterocycles. The van der Waals surface area contributed by atoms with Crippen LogP contribution in [-0.2, 0) is 26.2 Å². The lowest BCUT2D eigenvalue weighted by Crippen LogP contribution is -2.35. The molecule has 4 heterocycles. The Bertz CT molecular complexity index is 715. The van der Waals surface area contributed by atoms with Crippen LogP contribution in [0.2, 0.25) is 0 Å². The third-order valence-electron chi connectivity index (χ3n) is 5.19. The van der Waals surface area contributed by atoms with Gasteiger partial charge in [0.15, 0.2) is 0 Å². The molecule has 0 radical (unpaired) electrons. The second-order valence-electron chi connectivity index (χ2n) is 7.17. The predicted molar refractivity (Wildman–Crippen MR) is 102 cm³/mol. The van der Waals surface area contributed by atoms with Crippen LogP contribution in [0.1, 0.15) is 22.6 Å². The minimum absolute atomic E-state index is 0.983. The minimum atomic E-state index is 0.983. The first-order chi connectivity index (χ1) is 12.2. The van der Waals surface area contributed by atoms with E-state index in [0.717, 1.165) is 45.0 Å². The van der Waals surface area contributed by atoms with Crippen molar-refractivity contribution in [3.05, 3.63) is 34.9 Å². The standard InChI is InChI=1S/C18H28N6S/c1-15-11-18-14-22(4-6-24(18)19-15)12-17-13-23(20-16(17)2)5-3-21-7-9-25-10-8-21/h11,13H,3-10,12,14H2,1-2H3. The zero-order valence-electron chi connectivity index (χ0n) is 15.3. The molecule has 0 aliphatic carbocycles. The molecule has 7 heteroatoms. The van der Waals surface area contributed by atoms with E-state index in [2.05, 4.69) is 62.1 Å². The van der Waals surface area contributed by atoms with Crippen molar-refractivity contribution in [1.29, 1.82) is 0 Å². The van der Waals surface area contributed by atoms with Crippen molar-refractivity contribution in [2.75, 3.05) is 37.7 Å². The van der Waals surface area contributed by atoms with Gasteiger partial charge in [0.05, 0.1) is 30.2 Å². The van der Waals surface area contributed by atoms with Crippen molar-refractivity contribution < 1.29 is 0 Å². The normalized spacial score (nSPS) is 19.3. The first-order valence-electron chi connectivity index (χ1n) is 9.26. The number of hydrogen-bond donors (Lipinski definition) is 0. The Labute approximate surface area is 154 Å². The van der Waals surface area contributed by atoms with E-state index in [0.29, 0.717) is 0 Å². The molecule has 0 amide bonds. The van der Waals surface area contributed by atoms with Gasteiger partial charge >= 0.3 is 0 Å². The Morgan fingerprint density at radius 1 is 1.00 bits per heavy atom. The van der Waals surface area contributed by atoms with Crippen molar-refractivity contribution in [2.24, 2.45) is 0 Å². The third kappa shape index (κ3) is 4.10. The molecule has 25 heavy (non-hydrogen) atoms. The SMILES string of the molecule is Cc1cc2n(n1)CCN(Cc1cn(CCN3CCSCC3)nc1C)C2. The molecule has 6 nitrogen and oxygen atoms in total. The molecule has 2 aromatic heterocycles. The average molecular weight is 361 g/mol. The summed E-state index contributed by atoms with van der Waals surface area (Å²) in [5.41, 5.74) is 4.98. The van der Waals surface area contributed by atoms with Gasteiger partial charge in [-0.1, -0.05) is 0 Å². The highest BCUT2D eigenvalue weighted by molar-refractivity contribution is 7.99. The molecule has 0 unspecified atom stereocenters. The van der Waals surface area contributed by atoms with Gasteiger partial charge in [0.1, 0.15) is 0 Å². The van der Waals surface area contributed by atoms with Crippen LogP contribution in [0.3, 0.4) is 0 Å². The molecule has 4 rings (SSSR count). The lowest BCUT2D eigenvalue weighted by molar-refractivity contribution is 0.204. The van der Waals surface area contributed by atoms with Crippen LogP contribution in [0.5, 0.6) is 0 Å². The monoisotopic (exact) mass is 360 g/mol. The highest BCUT2D eigenvalue weighted by Crippen LogP contribution is 2.17. The van der Waals surface area contributed by atoms with E-state index in [-0.39, 0.29) is 0 Å². The summed E-state index contributed by atoms with van der Waals surface area (Å²) in [5.74, 6) is 2.54. The molecular weight excluding hydrogens is 332 g/mol. The van der Waals surface area contributed by atoms with Crippen LogP contribution >= 0.6 is 11.8 Å². The van der Waals surface area contributed by atoms with Gasteiger partial charge in [-0.05, 0) is 19.9 Å².